The fourth-order valence-corrected chi connectivity index (χ4v) is 2.18. The first kappa shape index (κ1) is 13.8. The van der Waals surface area contributed by atoms with Gasteiger partial charge in [-0.25, -0.2) is 9.37 Å². The van der Waals surface area contributed by atoms with Gasteiger partial charge in [-0.2, -0.15) is 0 Å². The summed E-state index contributed by atoms with van der Waals surface area (Å²) in [6.07, 6.45) is 0.609. The molecule has 1 N–H and O–H groups in total. The number of hydrogen-bond donors (Lipinski definition) is 1. The summed E-state index contributed by atoms with van der Waals surface area (Å²) in [4.78, 5) is 15.3. The number of imidazole rings is 1. The van der Waals surface area contributed by atoms with Crippen molar-refractivity contribution >= 4 is 28.5 Å². The van der Waals surface area contributed by atoms with Crippen molar-refractivity contribution in [2.24, 2.45) is 0 Å². The quantitative estimate of drug-likeness (QED) is 0.854. The van der Waals surface area contributed by atoms with E-state index in [1.165, 1.54) is 19.1 Å². The van der Waals surface area contributed by atoms with Gasteiger partial charge in [0.25, 0.3) is 0 Å². The van der Waals surface area contributed by atoms with Crippen LogP contribution in [0.25, 0.3) is 11.0 Å². The molecule has 0 aliphatic heterocycles. The standard InChI is InChI=1S/C13H15ClFN3O/c1-9(19)16-6-7-18-12-8-10(15)2-3-11(12)17-13(18)4-5-14/h2-3,8H,4-7H2,1H3,(H,16,19). The summed E-state index contributed by atoms with van der Waals surface area (Å²) < 4.78 is 15.2. The van der Waals surface area contributed by atoms with Gasteiger partial charge in [0.15, 0.2) is 0 Å². The molecule has 0 saturated heterocycles. The fraction of sp³-hybridized carbons (Fsp3) is 0.385. The fourth-order valence-electron chi connectivity index (χ4n) is 2.01. The molecule has 1 aromatic carbocycles. The lowest BCUT2D eigenvalue weighted by atomic mass is 10.3. The second-order valence-corrected chi connectivity index (χ2v) is 4.61. The number of nitrogens with zero attached hydrogens (tertiary/aromatic N) is 2. The molecule has 0 radical (unpaired) electrons. The first-order chi connectivity index (χ1) is 9.11. The zero-order valence-corrected chi connectivity index (χ0v) is 11.4. The van der Waals surface area contributed by atoms with E-state index in [1.807, 2.05) is 4.57 Å². The first-order valence-corrected chi connectivity index (χ1v) is 6.60. The van der Waals surface area contributed by atoms with Crippen LogP contribution in [0, 0.1) is 5.82 Å². The minimum absolute atomic E-state index is 0.0884. The number of rotatable bonds is 5. The van der Waals surface area contributed by atoms with E-state index >= 15 is 0 Å². The Morgan fingerprint density at radius 1 is 1.53 bits per heavy atom. The maximum absolute atomic E-state index is 13.3. The summed E-state index contributed by atoms with van der Waals surface area (Å²) in [5, 5.41) is 2.72. The van der Waals surface area contributed by atoms with Crippen LogP contribution in [-0.4, -0.2) is 27.9 Å². The van der Waals surface area contributed by atoms with Gasteiger partial charge in [-0.3, -0.25) is 4.79 Å². The zero-order chi connectivity index (χ0) is 13.8. The SMILES string of the molecule is CC(=O)NCCn1c(CCCl)nc2ccc(F)cc21. The molecular weight excluding hydrogens is 269 g/mol. The number of amides is 1. The molecule has 19 heavy (non-hydrogen) atoms. The van der Waals surface area contributed by atoms with Crippen molar-refractivity contribution in [1.29, 1.82) is 0 Å². The number of aromatic nitrogens is 2. The number of benzene rings is 1. The highest BCUT2D eigenvalue weighted by molar-refractivity contribution is 6.17. The molecule has 2 rings (SSSR count). The second kappa shape index (κ2) is 6.02. The monoisotopic (exact) mass is 283 g/mol. The third-order valence-electron chi connectivity index (χ3n) is 2.82. The minimum Gasteiger partial charge on any atom is -0.355 e. The number of carbonyl (C=O) groups is 1. The third kappa shape index (κ3) is 3.23. The van der Waals surface area contributed by atoms with E-state index in [4.69, 9.17) is 11.6 Å². The number of fused-ring (bicyclic) bond motifs is 1. The number of aryl methyl sites for hydroxylation is 1. The van der Waals surface area contributed by atoms with E-state index in [9.17, 15) is 9.18 Å². The first-order valence-electron chi connectivity index (χ1n) is 6.07. The Morgan fingerprint density at radius 2 is 2.32 bits per heavy atom. The van der Waals surface area contributed by atoms with Crippen LogP contribution < -0.4 is 5.32 Å². The Labute approximate surface area is 115 Å². The highest BCUT2D eigenvalue weighted by Gasteiger charge is 2.11. The molecule has 0 unspecified atom stereocenters. The number of halogens is 2. The van der Waals surface area contributed by atoms with Gasteiger partial charge in [0.1, 0.15) is 11.6 Å². The van der Waals surface area contributed by atoms with Crippen LogP contribution in [0.3, 0.4) is 0 Å². The zero-order valence-electron chi connectivity index (χ0n) is 10.6. The van der Waals surface area contributed by atoms with Crippen LogP contribution in [0.5, 0.6) is 0 Å². The van der Waals surface area contributed by atoms with Crippen LogP contribution in [0.2, 0.25) is 0 Å². The highest BCUT2D eigenvalue weighted by atomic mass is 35.5. The molecule has 0 aliphatic carbocycles. The van der Waals surface area contributed by atoms with Gasteiger partial charge in [0.2, 0.25) is 5.91 Å². The predicted octanol–water partition coefficient (Wildman–Crippen LogP) is 2.09. The molecule has 0 spiro atoms. The maximum Gasteiger partial charge on any atom is 0.216 e. The van der Waals surface area contributed by atoms with Gasteiger partial charge in [0, 0.05) is 32.3 Å². The maximum atomic E-state index is 13.3. The van der Waals surface area contributed by atoms with Crippen molar-refractivity contribution in [1.82, 2.24) is 14.9 Å². The van der Waals surface area contributed by atoms with Gasteiger partial charge < -0.3 is 9.88 Å². The van der Waals surface area contributed by atoms with Crippen molar-refractivity contribution in [3.63, 3.8) is 0 Å². The van der Waals surface area contributed by atoms with Crippen LogP contribution in [-0.2, 0) is 17.8 Å². The molecule has 6 heteroatoms. The van der Waals surface area contributed by atoms with E-state index in [-0.39, 0.29) is 11.7 Å². The van der Waals surface area contributed by atoms with Crippen LogP contribution in [0.15, 0.2) is 18.2 Å². The molecule has 4 nitrogen and oxygen atoms in total. The largest absolute Gasteiger partial charge is 0.355 e. The molecule has 0 fully saturated rings. The van der Waals surface area contributed by atoms with Gasteiger partial charge in [-0.15, -0.1) is 11.6 Å². The van der Waals surface area contributed by atoms with E-state index in [0.29, 0.717) is 25.4 Å². The van der Waals surface area contributed by atoms with E-state index in [0.717, 1.165) is 16.9 Å². The van der Waals surface area contributed by atoms with Crippen molar-refractivity contribution in [2.75, 3.05) is 12.4 Å². The van der Waals surface area contributed by atoms with Gasteiger partial charge >= 0.3 is 0 Å². The molecule has 1 aromatic heterocycles. The number of alkyl halides is 1. The van der Waals surface area contributed by atoms with Gasteiger partial charge in [0.05, 0.1) is 11.0 Å². The average Bonchev–Trinajstić information content (AvgIpc) is 2.67. The lowest BCUT2D eigenvalue weighted by Crippen LogP contribution is -2.25. The number of carbonyl (C=O) groups excluding carboxylic acids is 1. The number of hydrogen-bond acceptors (Lipinski definition) is 2. The van der Waals surface area contributed by atoms with Crippen molar-refractivity contribution in [2.45, 2.75) is 19.9 Å². The molecule has 2 aromatic rings. The van der Waals surface area contributed by atoms with Crippen LogP contribution in [0.4, 0.5) is 4.39 Å². The summed E-state index contributed by atoms with van der Waals surface area (Å²) in [7, 11) is 0. The molecule has 0 bridgehead atoms. The normalized spacial score (nSPS) is 10.9. The molecule has 1 heterocycles. The highest BCUT2D eigenvalue weighted by Crippen LogP contribution is 2.18. The Kier molecular flexibility index (Phi) is 4.37. The van der Waals surface area contributed by atoms with Crippen LogP contribution >= 0.6 is 11.6 Å². The average molecular weight is 284 g/mol. The lowest BCUT2D eigenvalue weighted by Gasteiger charge is -2.08. The minimum atomic E-state index is -0.300. The Hall–Kier alpha value is -1.62. The van der Waals surface area contributed by atoms with E-state index in [2.05, 4.69) is 10.3 Å². The van der Waals surface area contributed by atoms with Crippen molar-refractivity contribution < 1.29 is 9.18 Å². The van der Waals surface area contributed by atoms with Gasteiger partial charge in [-0.1, -0.05) is 0 Å². The number of nitrogens with one attached hydrogen (secondary N) is 1. The Morgan fingerprint density at radius 3 is 3.00 bits per heavy atom. The Balaban J connectivity index is 2.33. The molecular formula is C13H15ClFN3O. The summed E-state index contributed by atoms with van der Waals surface area (Å²) in [5.74, 6) is 0.868. The second-order valence-electron chi connectivity index (χ2n) is 4.23. The van der Waals surface area contributed by atoms with Crippen molar-refractivity contribution in [3.8, 4) is 0 Å². The van der Waals surface area contributed by atoms with Crippen molar-refractivity contribution in [3.05, 3.63) is 29.8 Å². The van der Waals surface area contributed by atoms with E-state index in [1.54, 1.807) is 6.07 Å². The Bertz CT molecular complexity index is 597. The summed E-state index contributed by atoms with van der Waals surface area (Å²) >= 11 is 5.75. The molecule has 0 aliphatic rings. The van der Waals surface area contributed by atoms with E-state index < -0.39 is 0 Å². The molecule has 0 atom stereocenters. The predicted molar refractivity (Wildman–Crippen MR) is 72.8 cm³/mol. The molecule has 1 amide bonds. The summed E-state index contributed by atoms with van der Waals surface area (Å²) in [6.45, 7) is 2.49. The summed E-state index contributed by atoms with van der Waals surface area (Å²) in [5.41, 5.74) is 1.47. The summed E-state index contributed by atoms with van der Waals surface area (Å²) in [6, 6.07) is 4.49. The van der Waals surface area contributed by atoms with Crippen LogP contribution in [0.1, 0.15) is 12.7 Å². The smallest absolute Gasteiger partial charge is 0.216 e. The topological polar surface area (TPSA) is 46.9 Å². The third-order valence-corrected chi connectivity index (χ3v) is 3.01. The van der Waals surface area contributed by atoms with Gasteiger partial charge in [-0.05, 0) is 18.2 Å². The molecule has 102 valence electrons. The molecule has 0 saturated carbocycles. The lowest BCUT2D eigenvalue weighted by molar-refractivity contribution is -0.118.